The molecule has 0 aliphatic heterocycles. The fourth-order valence-corrected chi connectivity index (χ4v) is 2.91. The van der Waals surface area contributed by atoms with Crippen molar-refractivity contribution in [2.45, 2.75) is 31.2 Å². The third-order valence-electron chi connectivity index (χ3n) is 2.53. The molecule has 0 atom stereocenters. The van der Waals surface area contributed by atoms with E-state index in [-0.39, 0.29) is 35.2 Å². The molecule has 1 aromatic carbocycles. The lowest BCUT2D eigenvalue weighted by molar-refractivity contribution is 0.384. The predicted molar refractivity (Wildman–Crippen MR) is 78.4 cm³/mol. The van der Waals surface area contributed by atoms with Gasteiger partial charge in [-0.3, -0.25) is 0 Å². The van der Waals surface area contributed by atoms with E-state index in [4.69, 9.17) is 10.5 Å². The molecule has 1 rings (SSSR count). The van der Waals surface area contributed by atoms with Crippen molar-refractivity contribution in [3.63, 3.8) is 0 Å². The summed E-state index contributed by atoms with van der Waals surface area (Å²) < 4.78 is 45.1. The largest absolute Gasteiger partial charge is 0.494 e. The number of hydrogen-bond acceptors (Lipinski definition) is 4. The summed E-state index contributed by atoms with van der Waals surface area (Å²) in [5, 5.41) is 0. The van der Waals surface area contributed by atoms with Crippen LogP contribution in [0.3, 0.4) is 0 Å². The molecular weight excluding hydrogens is 307 g/mol. The number of nitrogens with two attached hydrogens (primary N) is 1. The fraction of sp³-hybridized carbons (Fsp3) is 0.500. The molecule has 0 radical (unpaired) electrons. The Hall–Kier alpha value is -0.890. The Morgan fingerprint density at radius 3 is 2.40 bits per heavy atom. The second-order valence-electron chi connectivity index (χ2n) is 5.02. The number of hydrogen-bond donors (Lipinski definition) is 2. The number of ether oxygens (including phenoxy) is 1. The molecule has 0 heterocycles. The van der Waals surface area contributed by atoms with Gasteiger partial charge in [-0.05, 0) is 32.9 Å². The number of rotatable bonds is 5. The first kappa shape index (κ1) is 19.1. The Balaban J connectivity index is 0.00000361. The Bertz CT molecular complexity index is 571. The number of sulfonamides is 1. The summed E-state index contributed by atoms with van der Waals surface area (Å²) in [6.45, 7) is 4.83. The summed E-state index contributed by atoms with van der Waals surface area (Å²) in [5.74, 6) is -0.673. The lowest BCUT2D eigenvalue weighted by Crippen LogP contribution is -2.45. The summed E-state index contributed by atoms with van der Waals surface area (Å²) in [4.78, 5) is -0.116. The van der Waals surface area contributed by atoms with Crippen LogP contribution >= 0.6 is 12.4 Å². The van der Waals surface area contributed by atoms with Crippen molar-refractivity contribution in [3.8, 4) is 5.75 Å². The molecule has 5 nitrogen and oxygen atoms in total. The van der Waals surface area contributed by atoms with Gasteiger partial charge in [0.25, 0.3) is 0 Å². The summed E-state index contributed by atoms with van der Waals surface area (Å²) in [5.41, 5.74) is 5.04. The highest BCUT2D eigenvalue weighted by atomic mass is 35.5. The molecule has 20 heavy (non-hydrogen) atoms. The molecule has 0 saturated heterocycles. The van der Waals surface area contributed by atoms with Crippen LogP contribution in [0, 0.1) is 12.7 Å². The van der Waals surface area contributed by atoms with Crippen LogP contribution in [-0.4, -0.2) is 27.6 Å². The van der Waals surface area contributed by atoms with E-state index in [1.165, 1.54) is 26.2 Å². The molecule has 0 bridgehead atoms. The van der Waals surface area contributed by atoms with Crippen LogP contribution in [-0.2, 0) is 10.0 Å². The van der Waals surface area contributed by atoms with Gasteiger partial charge in [-0.2, -0.15) is 0 Å². The summed E-state index contributed by atoms with van der Waals surface area (Å²) in [7, 11) is -2.48. The maximum atomic E-state index is 13.8. The predicted octanol–water partition coefficient (Wildman–Crippen LogP) is 1.58. The SMILES string of the molecule is COc1ccc(S(=O)(=O)NCC(C)(C)N)c(C)c1F.Cl. The zero-order valence-electron chi connectivity index (χ0n) is 11.9. The lowest BCUT2D eigenvalue weighted by atomic mass is 10.1. The Kier molecular flexibility index (Phi) is 6.41. The highest BCUT2D eigenvalue weighted by Crippen LogP contribution is 2.25. The van der Waals surface area contributed by atoms with Gasteiger partial charge >= 0.3 is 0 Å². The van der Waals surface area contributed by atoms with Gasteiger partial charge in [-0.1, -0.05) is 0 Å². The van der Waals surface area contributed by atoms with Crippen LogP contribution in [0.2, 0.25) is 0 Å². The normalized spacial score (nSPS) is 11.9. The highest BCUT2D eigenvalue weighted by molar-refractivity contribution is 7.89. The van der Waals surface area contributed by atoms with Crippen molar-refractivity contribution >= 4 is 22.4 Å². The average Bonchev–Trinajstić information content (AvgIpc) is 2.29. The standard InChI is InChI=1S/C12H19FN2O3S.ClH/c1-8-10(6-5-9(18-4)11(8)13)19(16,17)15-7-12(2,3)14;/h5-6,15H,7,14H2,1-4H3;1H. The van der Waals surface area contributed by atoms with E-state index in [0.29, 0.717) is 0 Å². The molecule has 116 valence electrons. The number of methoxy groups -OCH3 is 1. The Morgan fingerprint density at radius 1 is 1.40 bits per heavy atom. The van der Waals surface area contributed by atoms with E-state index in [1.54, 1.807) is 13.8 Å². The average molecular weight is 327 g/mol. The highest BCUT2D eigenvalue weighted by Gasteiger charge is 2.23. The molecule has 0 saturated carbocycles. The number of nitrogens with one attached hydrogen (secondary N) is 1. The van der Waals surface area contributed by atoms with E-state index in [9.17, 15) is 12.8 Å². The second-order valence-corrected chi connectivity index (χ2v) is 6.75. The van der Waals surface area contributed by atoms with Crippen molar-refractivity contribution in [1.29, 1.82) is 0 Å². The van der Waals surface area contributed by atoms with Gasteiger partial charge in [0.15, 0.2) is 11.6 Å². The van der Waals surface area contributed by atoms with Crippen LogP contribution in [0.25, 0.3) is 0 Å². The van der Waals surface area contributed by atoms with Gasteiger partial charge in [-0.25, -0.2) is 17.5 Å². The first-order chi connectivity index (χ1) is 8.58. The summed E-state index contributed by atoms with van der Waals surface area (Å²) in [6.07, 6.45) is 0. The maximum Gasteiger partial charge on any atom is 0.240 e. The minimum atomic E-state index is -3.80. The zero-order chi connectivity index (χ0) is 14.8. The van der Waals surface area contributed by atoms with Gasteiger partial charge < -0.3 is 10.5 Å². The molecule has 1 aromatic rings. The Morgan fingerprint density at radius 2 is 1.95 bits per heavy atom. The van der Waals surface area contributed by atoms with Crippen molar-refractivity contribution in [1.82, 2.24) is 4.72 Å². The van der Waals surface area contributed by atoms with Gasteiger partial charge in [0, 0.05) is 17.6 Å². The molecule has 0 spiro atoms. The third-order valence-corrected chi connectivity index (χ3v) is 4.07. The molecule has 3 N–H and O–H groups in total. The van der Waals surface area contributed by atoms with Crippen LogP contribution in [0.15, 0.2) is 17.0 Å². The van der Waals surface area contributed by atoms with Gasteiger partial charge in [0.05, 0.1) is 12.0 Å². The van der Waals surface area contributed by atoms with Crippen LogP contribution in [0.5, 0.6) is 5.75 Å². The van der Waals surface area contributed by atoms with E-state index in [0.717, 1.165) is 0 Å². The lowest BCUT2D eigenvalue weighted by Gasteiger charge is -2.19. The monoisotopic (exact) mass is 326 g/mol. The van der Waals surface area contributed by atoms with Gasteiger partial charge in [0.2, 0.25) is 10.0 Å². The zero-order valence-corrected chi connectivity index (χ0v) is 13.5. The first-order valence-electron chi connectivity index (χ1n) is 5.70. The smallest absolute Gasteiger partial charge is 0.240 e. The van der Waals surface area contributed by atoms with E-state index < -0.39 is 21.4 Å². The number of benzene rings is 1. The van der Waals surface area contributed by atoms with Gasteiger partial charge in [0.1, 0.15) is 0 Å². The van der Waals surface area contributed by atoms with E-state index >= 15 is 0 Å². The molecule has 0 aromatic heterocycles. The van der Waals surface area contributed by atoms with E-state index in [1.807, 2.05) is 0 Å². The van der Waals surface area contributed by atoms with Crippen LogP contribution in [0.1, 0.15) is 19.4 Å². The Labute approximate surface area is 125 Å². The molecule has 0 aliphatic carbocycles. The summed E-state index contributed by atoms with van der Waals surface area (Å²) in [6, 6.07) is 2.59. The summed E-state index contributed by atoms with van der Waals surface area (Å²) >= 11 is 0. The minimum absolute atomic E-state index is 0. The van der Waals surface area contributed by atoms with E-state index in [2.05, 4.69) is 4.72 Å². The molecule has 0 fully saturated rings. The van der Waals surface area contributed by atoms with Crippen molar-refractivity contribution < 1.29 is 17.5 Å². The van der Waals surface area contributed by atoms with Crippen molar-refractivity contribution in [2.24, 2.45) is 5.73 Å². The third kappa shape index (κ3) is 4.59. The quantitative estimate of drug-likeness (QED) is 0.860. The fourth-order valence-electron chi connectivity index (χ4n) is 1.45. The van der Waals surface area contributed by atoms with Crippen LogP contribution < -0.4 is 15.2 Å². The second kappa shape index (κ2) is 6.71. The topological polar surface area (TPSA) is 81.4 Å². The first-order valence-corrected chi connectivity index (χ1v) is 7.18. The maximum absolute atomic E-state index is 13.8. The molecular formula is C12H20ClFN2O3S. The van der Waals surface area contributed by atoms with Crippen LogP contribution in [0.4, 0.5) is 4.39 Å². The molecule has 0 aliphatic rings. The minimum Gasteiger partial charge on any atom is -0.494 e. The molecule has 0 amide bonds. The number of halogens is 2. The van der Waals surface area contributed by atoms with Gasteiger partial charge in [-0.15, -0.1) is 12.4 Å². The van der Waals surface area contributed by atoms with Crippen molar-refractivity contribution in [3.05, 3.63) is 23.5 Å². The molecule has 8 heteroatoms. The molecule has 0 unspecified atom stereocenters. The van der Waals surface area contributed by atoms with Crippen molar-refractivity contribution in [2.75, 3.05) is 13.7 Å².